The lowest BCUT2D eigenvalue weighted by Crippen LogP contribution is -2.43. The molecule has 2 fully saturated rings. The fourth-order valence-corrected chi connectivity index (χ4v) is 5.13. The Labute approximate surface area is 161 Å². The normalized spacial score (nSPS) is 24.3. The molecular formula is C19H29N3O4S. The first kappa shape index (κ1) is 20.1. The SMILES string of the molecule is CC1CCCCC1NC(=O)CNc1cccc(S(=O)(=O)N2CCOCC2)c1. The van der Waals surface area contributed by atoms with E-state index < -0.39 is 10.0 Å². The number of hydrogen-bond donors (Lipinski definition) is 2. The van der Waals surface area contributed by atoms with E-state index in [-0.39, 0.29) is 23.4 Å². The summed E-state index contributed by atoms with van der Waals surface area (Å²) in [5.74, 6) is 0.444. The van der Waals surface area contributed by atoms with Crippen molar-refractivity contribution >= 4 is 21.6 Å². The topological polar surface area (TPSA) is 87.7 Å². The molecule has 2 atom stereocenters. The highest BCUT2D eigenvalue weighted by Gasteiger charge is 2.26. The van der Waals surface area contributed by atoms with Crippen molar-refractivity contribution < 1.29 is 17.9 Å². The molecule has 27 heavy (non-hydrogen) atoms. The molecule has 3 rings (SSSR count). The van der Waals surface area contributed by atoms with Gasteiger partial charge in [-0.2, -0.15) is 4.31 Å². The van der Waals surface area contributed by atoms with E-state index in [1.807, 2.05) is 0 Å². The van der Waals surface area contributed by atoms with Crippen molar-refractivity contribution in [3.05, 3.63) is 24.3 Å². The second-order valence-corrected chi connectivity index (χ2v) is 9.27. The van der Waals surface area contributed by atoms with Crippen molar-refractivity contribution in [2.75, 3.05) is 38.2 Å². The van der Waals surface area contributed by atoms with Gasteiger partial charge in [-0.15, -0.1) is 0 Å². The number of sulfonamides is 1. The summed E-state index contributed by atoms with van der Waals surface area (Å²) in [4.78, 5) is 12.5. The maximum atomic E-state index is 12.7. The fourth-order valence-electron chi connectivity index (χ4n) is 3.67. The molecule has 2 aliphatic rings. The Morgan fingerprint density at radius 2 is 1.96 bits per heavy atom. The minimum absolute atomic E-state index is 0.0600. The van der Waals surface area contributed by atoms with Crippen molar-refractivity contribution in [3.8, 4) is 0 Å². The van der Waals surface area contributed by atoms with E-state index in [9.17, 15) is 13.2 Å². The van der Waals surface area contributed by atoms with Crippen LogP contribution in [-0.4, -0.2) is 57.5 Å². The zero-order valence-electron chi connectivity index (χ0n) is 15.8. The minimum Gasteiger partial charge on any atom is -0.379 e. The second-order valence-electron chi connectivity index (χ2n) is 7.33. The van der Waals surface area contributed by atoms with Gasteiger partial charge in [0.1, 0.15) is 0 Å². The quantitative estimate of drug-likeness (QED) is 0.767. The summed E-state index contributed by atoms with van der Waals surface area (Å²) in [6.45, 7) is 3.86. The number of carbonyl (C=O) groups excluding carboxylic acids is 1. The summed E-state index contributed by atoms with van der Waals surface area (Å²) < 4.78 is 32.1. The van der Waals surface area contributed by atoms with Crippen LogP contribution in [0.15, 0.2) is 29.2 Å². The summed E-state index contributed by atoms with van der Waals surface area (Å²) in [5, 5.41) is 6.14. The zero-order chi connectivity index (χ0) is 19.3. The van der Waals surface area contributed by atoms with E-state index in [1.165, 1.54) is 10.7 Å². The van der Waals surface area contributed by atoms with Crippen LogP contribution in [0.5, 0.6) is 0 Å². The van der Waals surface area contributed by atoms with Gasteiger partial charge in [-0.3, -0.25) is 4.79 Å². The lowest BCUT2D eigenvalue weighted by molar-refractivity contribution is -0.120. The van der Waals surface area contributed by atoms with Crippen LogP contribution >= 0.6 is 0 Å². The van der Waals surface area contributed by atoms with E-state index in [0.717, 1.165) is 19.3 Å². The lowest BCUT2D eigenvalue weighted by Gasteiger charge is -2.29. The standard InChI is InChI=1S/C19H29N3O4S/c1-15-5-2-3-8-18(15)21-19(23)14-20-16-6-4-7-17(13-16)27(24,25)22-9-11-26-12-10-22/h4,6-7,13,15,18,20H,2-3,5,8-12,14H2,1H3,(H,21,23). The third-order valence-corrected chi connectivity index (χ3v) is 7.25. The first-order chi connectivity index (χ1) is 13.0. The molecule has 0 bridgehead atoms. The van der Waals surface area contributed by atoms with E-state index in [0.29, 0.717) is 37.9 Å². The number of nitrogens with one attached hydrogen (secondary N) is 2. The monoisotopic (exact) mass is 395 g/mol. The highest BCUT2D eigenvalue weighted by molar-refractivity contribution is 7.89. The van der Waals surface area contributed by atoms with Crippen LogP contribution in [0, 0.1) is 5.92 Å². The molecule has 1 saturated heterocycles. The molecule has 2 N–H and O–H groups in total. The smallest absolute Gasteiger partial charge is 0.243 e. The number of carbonyl (C=O) groups is 1. The Bertz CT molecular complexity index is 747. The Morgan fingerprint density at radius 3 is 2.70 bits per heavy atom. The Balaban J connectivity index is 1.58. The van der Waals surface area contributed by atoms with E-state index in [1.54, 1.807) is 24.3 Å². The fraction of sp³-hybridized carbons (Fsp3) is 0.632. The van der Waals surface area contributed by atoms with Crippen molar-refractivity contribution in [2.24, 2.45) is 5.92 Å². The molecule has 8 heteroatoms. The highest BCUT2D eigenvalue weighted by atomic mass is 32.2. The van der Waals surface area contributed by atoms with Crippen molar-refractivity contribution in [1.82, 2.24) is 9.62 Å². The summed E-state index contributed by atoms with van der Waals surface area (Å²) >= 11 is 0. The molecule has 150 valence electrons. The molecule has 1 aromatic rings. The van der Waals surface area contributed by atoms with Crippen molar-refractivity contribution in [3.63, 3.8) is 0 Å². The number of nitrogens with zero attached hydrogens (tertiary/aromatic N) is 1. The van der Waals surface area contributed by atoms with Gasteiger partial charge < -0.3 is 15.4 Å². The molecule has 0 spiro atoms. The number of rotatable bonds is 6. The number of ether oxygens (including phenoxy) is 1. The van der Waals surface area contributed by atoms with Crippen LogP contribution in [0.25, 0.3) is 0 Å². The third-order valence-electron chi connectivity index (χ3n) is 5.35. The third kappa shape index (κ3) is 5.21. The van der Waals surface area contributed by atoms with Crippen molar-refractivity contribution in [2.45, 2.75) is 43.5 Å². The molecule has 0 radical (unpaired) electrons. The highest BCUT2D eigenvalue weighted by Crippen LogP contribution is 2.24. The molecule has 1 aromatic carbocycles. The second kappa shape index (κ2) is 9.03. The van der Waals surface area contributed by atoms with Gasteiger partial charge in [0, 0.05) is 24.8 Å². The van der Waals surface area contributed by atoms with E-state index in [4.69, 9.17) is 4.74 Å². The molecular weight excluding hydrogens is 366 g/mol. The maximum absolute atomic E-state index is 12.7. The lowest BCUT2D eigenvalue weighted by atomic mass is 9.86. The Morgan fingerprint density at radius 1 is 1.22 bits per heavy atom. The predicted octanol–water partition coefficient (Wildman–Crippen LogP) is 1.81. The maximum Gasteiger partial charge on any atom is 0.243 e. The number of morpholine rings is 1. The summed E-state index contributed by atoms with van der Waals surface area (Å²) in [6.07, 6.45) is 4.57. The molecule has 1 aliphatic carbocycles. The summed E-state index contributed by atoms with van der Waals surface area (Å²) in [5.41, 5.74) is 0.621. The number of hydrogen-bond acceptors (Lipinski definition) is 5. The Hall–Kier alpha value is -1.64. The van der Waals surface area contributed by atoms with Crippen LogP contribution in [0.3, 0.4) is 0 Å². The average Bonchev–Trinajstić information content (AvgIpc) is 2.69. The predicted molar refractivity (Wildman–Crippen MR) is 104 cm³/mol. The van der Waals surface area contributed by atoms with Gasteiger partial charge in [0.15, 0.2) is 0 Å². The molecule has 1 heterocycles. The van der Waals surface area contributed by atoms with Gasteiger partial charge in [0.2, 0.25) is 15.9 Å². The molecule has 1 amide bonds. The first-order valence-corrected chi connectivity index (χ1v) is 11.1. The first-order valence-electron chi connectivity index (χ1n) is 9.68. The zero-order valence-corrected chi connectivity index (χ0v) is 16.6. The number of anilines is 1. The van der Waals surface area contributed by atoms with Gasteiger partial charge in [-0.1, -0.05) is 25.8 Å². The minimum atomic E-state index is -3.54. The Kier molecular flexibility index (Phi) is 6.73. The summed E-state index contributed by atoms with van der Waals surface area (Å²) in [7, 11) is -3.54. The van der Waals surface area contributed by atoms with Crippen LogP contribution in [0.4, 0.5) is 5.69 Å². The molecule has 0 aromatic heterocycles. The summed E-state index contributed by atoms with van der Waals surface area (Å²) in [6, 6.07) is 6.87. The van der Waals surface area contributed by atoms with E-state index >= 15 is 0 Å². The van der Waals surface area contributed by atoms with Crippen LogP contribution in [-0.2, 0) is 19.6 Å². The molecule has 1 aliphatic heterocycles. The van der Waals surface area contributed by atoms with Crippen LogP contribution < -0.4 is 10.6 Å². The van der Waals surface area contributed by atoms with E-state index in [2.05, 4.69) is 17.6 Å². The average molecular weight is 396 g/mol. The van der Waals surface area contributed by atoms with Gasteiger partial charge in [0.05, 0.1) is 24.7 Å². The van der Waals surface area contributed by atoms with Gasteiger partial charge in [0.25, 0.3) is 0 Å². The van der Waals surface area contributed by atoms with Crippen LogP contribution in [0.1, 0.15) is 32.6 Å². The molecule has 1 saturated carbocycles. The molecule has 2 unspecified atom stereocenters. The van der Waals surface area contributed by atoms with Crippen LogP contribution in [0.2, 0.25) is 0 Å². The van der Waals surface area contributed by atoms with Gasteiger partial charge in [-0.25, -0.2) is 8.42 Å². The van der Waals surface area contributed by atoms with Crippen molar-refractivity contribution in [1.29, 1.82) is 0 Å². The van der Waals surface area contributed by atoms with Gasteiger partial charge in [-0.05, 0) is 37.0 Å². The number of amides is 1. The largest absolute Gasteiger partial charge is 0.379 e. The number of benzene rings is 1. The molecule has 7 nitrogen and oxygen atoms in total. The van der Waals surface area contributed by atoms with Gasteiger partial charge >= 0.3 is 0 Å².